The lowest BCUT2D eigenvalue weighted by Crippen LogP contribution is -2.47. The summed E-state index contributed by atoms with van der Waals surface area (Å²) in [6, 6.07) is 15.8. The summed E-state index contributed by atoms with van der Waals surface area (Å²) in [5.74, 6) is -0.817. The number of carbonyl (C=O) groups excluding carboxylic acids is 2. The molecule has 1 aliphatic carbocycles. The lowest BCUT2D eigenvalue weighted by Gasteiger charge is -2.43. The van der Waals surface area contributed by atoms with Gasteiger partial charge in [-0.05, 0) is 43.0 Å². The summed E-state index contributed by atoms with van der Waals surface area (Å²) < 4.78 is 18.2. The second-order valence-electron chi connectivity index (χ2n) is 10.9. The third-order valence-corrected chi connectivity index (χ3v) is 7.90. The molecular weight excluding hydrogens is 508 g/mol. The van der Waals surface area contributed by atoms with E-state index in [0.717, 1.165) is 29.8 Å². The molecule has 8 nitrogen and oxygen atoms in total. The van der Waals surface area contributed by atoms with Crippen molar-refractivity contribution in [2.75, 3.05) is 18.4 Å². The molecule has 2 aliphatic rings. The van der Waals surface area contributed by atoms with Crippen LogP contribution in [0.15, 0.2) is 61.2 Å². The highest BCUT2D eigenvalue weighted by molar-refractivity contribution is 5.94. The van der Waals surface area contributed by atoms with Gasteiger partial charge in [0, 0.05) is 43.2 Å². The molecule has 0 unspecified atom stereocenters. The fourth-order valence-electron chi connectivity index (χ4n) is 5.64. The highest BCUT2D eigenvalue weighted by Crippen LogP contribution is 2.42. The Labute approximate surface area is 237 Å². The molecule has 1 saturated carbocycles. The summed E-state index contributed by atoms with van der Waals surface area (Å²) >= 11 is 0. The molecule has 5 atom stereocenters. The second kappa shape index (κ2) is 14.0. The Bertz CT molecular complexity index is 1130. The molecule has 0 bridgehead atoms. The maximum Gasteiger partial charge on any atom is 0.303 e. The van der Waals surface area contributed by atoms with E-state index in [0.29, 0.717) is 11.7 Å². The molecule has 1 heterocycles. The van der Waals surface area contributed by atoms with Crippen LogP contribution in [0.2, 0.25) is 0 Å². The van der Waals surface area contributed by atoms with E-state index in [2.05, 4.69) is 23.7 Å². The molecule has 2 fully saturated rings. The van der Waals surface area contributed by atoms with Gasteiger partial charge in [-0.15, -0.1) is 6.58 Å². The van der Waals surface area contributed by atoms with E-state index < -0.39 is 24.3 Å². The van der Waals surface area contributed by atoms with Crippen molar-refractivity contribution in [2.24, 2.45) is 5.92 Å². The van der Waals surface area contributed by atoms with E-state index in [1.165, 1.54) is 39.5 Å². The molecule has 1 saturated heterocycles. The standard InChI is InChI=1S/C32H42N2O6/c1-5-18-34(28-8-6-7-9-28)19-29-21(2)30(25-12-10-24(20-35)11-13-25)40-32(39-29)26-14-16-27(17-15-26)33-31(37)22(3)38-23(4)36/h5,10-17,21-22,28-30,32,35H,1,6-9,18-20H2,2-4H3,(H,33,37)/t21-,22-,29+,30+,32+/m0/s1. The Balaban J connectivity index is 1.54. The van der Waals surface area contributed by atoms with Gasteiger partial charge in [0.25, 0.3) is 5.91 Å². The summed E-state index contributed by atoms with van der Waals surface area (Å²) in [5, 5.41) is 12.3. The lowest BCUT2D eigenvalue weighted by atomic mass is 9.89. The molecule has 1 amide bonds. The first-order valence-electron chi connectivity index (χ1n) is 14.2. The Kier molecular flexibility index (Phi) is 10.5. The van der Waals surface area contributed by atoms with Crippen LogP contribution in [0.5, 0.6) is 0 Å². The number of esters is 1. The average Bonchev–Trinajstić information content (AvgIpc) is 3.49. The molecule has 0 spiro atoms. The van der Waals surface area contributed by atoms with E-state index in [-0.39, 0.29) is 24.7 Å². The Morgan fingerprint density at radius 3 is 2.35 bits per heavy atom. The molecule has 2 aromatic carbocycles. The molecule has 0 radical (unpaired) electrons. The number of carbonyl (C=O) groups is 2. The molecule has 2 N–H and O–H groups in total. The predicted molar refractivity (Wildman–Crippen MR) is 153 cm³/mol. The molecule has 0 aromatic heterocycles. The van der Waals surface area contributed by atoms with Crippen LogP contribution in [-0.4, -0.2) is 53.2 Å². The van der Waals surface area contributed by atoms with E-state index in [4.69, 9.17) is 14.2 Å². The topological polar surface area (TPSA) is 97.3 Å². The van der Waals surface area contributed by atoms with Crippen molar-refractivity contribution in [3.63, 3.8) is 0 Å². The largest absolute Gasteiger partial charge is 0.453 e. The van der Waals surface area contributed by atoms with Crippen LogP contribution in [-0.2, 0) is 30.4 Å². The van der Waals surface area contributed by atoms with Gasteiger partial charge in [-0.25, -0.2) is 0 Å². The fourth-order valence-corrected chi connectivity index (χ4v) is 5.64. The molecule has 216 valence electrons. The SMILES string of the molecule is C=CCN(C[C@H]1O[C@@H](c2ccc(NC(=O)[C@H](C)OC(C)=O)cc2)O[C@@H](c2ccc(CO)cc2)[C@H]1C)C1CCCC1. The van der Waals surface area contributed by atoms with Crippen LogP contribution in [0, 0.1) is 5.92 Å². The summed E-state index contributed by atoms with van der Waals surface area (Å²) in [5.41, 5.74) is 3.33. The zero-order valence-electron chi connectivity index (χ0n) is 23.8. The lowest BCUT2D eigenvalue weighted by molar-refractivity contribution is -0.276. The monoisotopic (exact) mass is 550 g/mol. The molecule has 8 heteroatoms. The third kappa shape index (κ3) is 7.57. The number of rotatable bonds is 11. The summed E-state index contributed by atoms with van der Waals surface area (Å²) in [4.78, 5) is 26.0. The maximum atomic E-state index is 12.4. The normalized spacial score (nSPS) is 24.0. The van der Waals surface area contributed by atoms with Crippen molar-refractivity contribution in [1.29, 1.82) is 0 Å². The first-order chi connectivity index (χ1) is 19.3. The Hall–Kier alpha value is -3.04. The van der Waals surface area contributed by atoms with Crippen molar-refractivity contribution >= 4 is 17.6 Å². The molecule has 2 aromatic rings. The number of aliphatic hydroxyl groups is 1. The van der Waals surface area contributed by atoms with Gasteiger partial charge in [0.15, 0.2) is 12.4 Å². The van der Waals surface area contributed by atoms with Gasteiger partial charge in [0.05, 0.1) is 18.8 Å². The van der Waals surface area contributed by atoms with Crippen molar-refractivity contribution in [1.82, 2.24) is 4.90 Å². The number of hydrogen-bond donors (Lipinski definition) is 2. The number of amides is 1. The van der Waals surface area contributed by atoms with Crippen molar-refractivity contribution in [2.45, 2.75) is 83.7 Å². The summed E-state index contributed by atoms with van der Waals surface area (Å²) in [6.45, 7) is 10.6. The molecular formula is C32H42N2O6. The zero-order valence-corrected chi connectivity index (χ0v) is 23.8. The van der Waals surface area contributed by atoms with Gasteiger partial charge in [-0.1, -0.05) is 62.2 Å². The average molecular weight is 551 g/mol. The first-order valence-corrected chi connectivity index (χ1v) is 14.2. The molecule has 1 aliphatic heterocycles. The van der Waals surface area contributed by atoms with Gasteiger partial charge < -0.3 is 24.6 Å². The van der Waals surface area contributed by atoms with Gasteiger partial charge in [-0.2, -0.15) is 0 Å². The first kappa shape index (κ1) is 29.9. The van der Waals surface area contributed by atoms with Crippen molar-refractivity contribution in [3.05, 3.63) is 77.9 Å². The third-order valence-electron chi connectivity index (χ3n) is 7.90. The number of anilines is 1. The number of aliphatic hydroxyl groups excluding tert-OH is 1. The van der Waals surface area contributed by atoms with Crippen molar-refractivity contribution in [3.8, 4) is 0 Å². The van der Waals surface area contributed by atoms with Gasteiger partial charge >= 0.3 is 5.97 Å². The smallest absolute Gasteiger partial charge is 0.303 e. The number of nitrogens with zero attached hydrogens (tertiary/aromatic N) is 1. The molecule has 4 rings (SSSR count). The van der Waals surface area contributed by atoms with Crippen molar-refractivity contribution < 1.29 is 28.9 Å². The maximum absolute atomic E-state index is 12.4. The van der Waals surface area contributed by atoms with Crippen LogP contribution in [0.3, 0.4) is 0 Å². The molecule has 40 heavy (non-hydrogen) atoms. The van der Waals surface area contributed by atoms with Gasteiger partial charge in [0.2, 0.25) is 0 Å². The van der Waals surface area contributed by atoms with E-state index >= 15 is 0 Å². The minimum absolute atomic E-state index is 0.00381. The summed E-state index contributed by atoms with van der Waals surface area (Å²) in [6.07, 6.45) is 5.12. The number of ether oxygens (including phenoxy) is 3. The van der Waals surface area contributed by atoms with Gasteiger partial charge in [0.1, 0.15) is 0 Å². The second-order valence-corrected chi connectivity index (χ2v) is 10.9. The van der Waals surface area contributed by atoms with E-state index in [9.17, 15) is 14.7 Å². The number of benzene rings is 2. The quantitative estimate of drug-likeness (QED) is 0.290. The minimum Gasteiger partial charge on any atom is -0.453 e. The van der Waals surface area contributed by atoms with E-state index in [1.807, 2.05) is 42.5 Å². The van der Waals surface area contributed by atoms with E-state index in [1.54, 1.807) is 12.1 Å². The zero-order chi connectivity index (χ0) is 28.6. The van der Waals surface area contributed by atoms with Crippen LogP contribution >= 0.6 is 0 Å². The van der Waals surface area contributed by atoms with Crippen LogP contribution < -0.4 is 5.32 Å². The van der Waals surface area contributed by atoms with Crippen LogP contribution in [0.1, 0.15) is 75.5 Å². The predicted octanol–water partition coefficient (Wildman–Crippen LogP) is 5.29. The number of hydrogen-bond acceptors (Lipinski definition) is 7. The van der Waals surface area contributed by atoms with Crippen LogP contribution in [0.25, 0.3) is 0 Å². The van der Waals surface area contributed by atoms with Crippen LogP contribution in [0.4, 0.5) is 5.69 Å². The minimum atomic E-state index is -0.888. The highest BCUT2D eigenvalue weighted by Gasteiger charge is 2.40. The van der Waals surface area contributed by atoms with Gasteiger partial charge in [-0.3, -0.25) is 14.5 Å². The summed E-state index contributed by atoms with van der Waals surface area (Å²) in [7, 11) is 0. The number of nitrogens with one attached hydrogen (secondary N) is 1. The Morgan fingerprint density at radius 2 is 1.75 bits per heavy atom. The highest BCUT2D eigenvalue weighted by atomic mass is 16.7. The fraction of sp³-hybridized carbons (Fsp3) is 0.500. The Morgan fingerprint density at radius 1 is 1.10 bits per heavy atom.